The Labute approximate surface area is 104 Å². The SMILES string of the molecule is Cc1nc(-c2ccccc2)c2c(C=O)c[nH]c2n1. The number of rotatable bonds is 2. The molecule has 0 saturated carbocycles. The van der Waals surface area contributed by atoms with Gasteiger partial charge in [0.15, 0.2) is 6.29 Å². The number of benzene rings is 1. The van der Waals surface area contributed by atoms with Crippen molar-refractivity contribution in [3.05, 3.63) is 47.9 Å². The Morgan fingerprint density at radius 2 is 1.94 bits per heavy atom. The molecule has 0 bridgehead atoms. The molecule has 0 amide bonds. The highest BCUT2D eigenvalue weighted by molar-refractivity contribution is 6.03. The number of aldehydes is 1. The number of aryl methyl sites for hydroxylation is 1. The van der Waals surface area contributed by atoms with E-state index in [1.807, 2.05) is 37.3 Å². The summed E-state index contributed by atoms with van der Waals surface area (Å²) in [6.07, 6.45) is 2.49. The van der Waals surface area contributed by atoms with Crippen molar-refractivity contribution in [1.29, 1.82) is 0 Å². The molecule has 4 nitrogen and oxygen atoms in total. The number of H-pyrrole nitrogens is 1. The molecule has 0 fully saturated rings. The summed E-state index contributed by atoms with van der Waals surface area (Å²) in [5, 5.41) is 0.779. The Balaban J connectivity index is 2.40. The van der Waals surface area contributed by atoms with Crippen LogP contribution in [-0.4, -0.2) is 21.2 Å². The number of aromatic amines is 1. The second-order valence-corrected chi connectivity index (χ2v) is 4.07. The summed E-state index contributed by atoms with van der Waals surface area (Å²) < 4.78 is 0. The topological polar surface area (TPSA) is 58.6 Å². The van der Waals surface area contributed by atoms with Crippen molar-refractivity contribution in [3.8, 4) is 11.3 Å². The van der Waals surface area contributed by atoms with E-state index in [9.17, 15) is 4.79 Å². The van der Waals surface area contributed by atoms with Gasteiger partial charge in [0.2, 0.25) is 0 Å². The van der Waals surface area contributed by atoms with Crippen LogP contribution in [0.3, 0.4) is 0 Å². The molecule has 3 aromatic rings. The summed E-state index contributed by atoms with van der Waals surface area (Å²) in [4.78, 5) is 22.8. The summed E-state index contributed by atoms with van der Waals surface area (Å²) in [6.45, 7) is 1.84. The van der Waals surface area contributed by atoms with E-state index in [0.717, 1.165) is 22.9 Å². The molecular formula is C14H11N3O. The number of nitrogens with one attached hydrogen (secondary N) is 1. The number of carbonyl (C=O) groups excluding carboxylic acids is 1. The zero-order valence-electron chi connectivity index (χ0n) is 9.84. The Morgan fingerprint density at radius 3 is 2.67 bits per heavy atom. The summed E-state index contributed by atoms with van der Waals surface area (Å²) in [5.74, 6) is 0.681. The van der Waals surface area contributed by atoms with Crippen molar-refractivity contribution >= 4 is 17.3 Å². The third-order valence-corrected chi connectivity index (χ3v) is 2.85. The first-order valence-electron chi connectivity index (χ1n) is 5.66. The molecule has 0 saturated heterocycles. The van der Waals surface area contributed by atoms with E-state index in [-0.39, 0.29) is 0 Å². The molecule has 0 aliphatic carbocycles. The average molecular weight is 237 g/mol. The predicted molar refractivity (Wildman–Crippen MR) is 69.4 cm³/mol. The zero-order chi connectivity index (χ0) is 12.5. The minimum atomic E-state index is 0.587. The minimum Gasteiger partial charge on any atom is -0.345 e. The highest BCUT2D eigenvalue weighted by atomic mass is 16.1. The molecule has 88 valence electrons. The first-order valence-corrected chi connectivity index (χ1v) is 5.66. The van der Waals surface area contributed by atoms with Crippen molar-refractivity contribution < 1.29 is 4.79 Å². The van der Waals surface area contributed by atoms with Crippen molar-refractivity contribution in [3.63, 3.8) is 0 Å². The van der Waals surface area contributed by atoms with E-state index in [2.05, 4.69) is 15.0 Å². The van der Waals surface area contributed by atoms with Gasteiger partial charge in [-0.2, -0.15) is 0 Å². The number of aromatic nitrogens is 3. The van der Waals surface area contributed by atoms with Gasteiger partial charge in [-0.1, -0.05) is 30.3 Å². The van der Waals surface area contributed by atoms with Crippen LogP contribution in [-0.2, 0) is 0 Å². The molecule has 2 heterocycles. The standard InChI is InChI=1S/C14H11N3O/c1-9-16-13(10-5-3-2-4-6-10)12-11(8-18)7-15-14(12)17-9/h2-8H,1H3,(H,15,16,17). The van der Waals surface area contributed by atoms with Crippen molar-refractivity contribution in [2.24, 2.45) is 0 Å². The maximum absolute atomic E-state index is 11.1. The largest absolute Gasteiger partial charge is 0.345 e. The number of hydrogen-bond donors (Lipinski definition) is 1. The van der Waals surface area contributed by atoms with E-state index in [1.165, 1.54) is 0 Å². The van der Waals surface area contributed by atoms with E-state index in [4.69, 9.17) is 0 Å². The molecule has 2 aromatic heterocycles. The Morgan fingerprint density at radius 1 is 1.17 bits per heavy atom. The first-order chi connectivity index (χ1) is 8.79. The molecule has 3 rings (SSSR count). The third kappa shape index (κ3) is 1.59. The van der Waals surface area contributed by atoms with E-state index < -0.39 is 0 Å². The number of fused-ring (bicyclic) bond motifs is 1. The van der Waals surface area contributed by atoms with Gasteiger partial charge in [0.25, 0.3) is 0 Å². The molecule has 4 heteroatoms. The monoisotopic (exact) mass is 237 g/mol. The molecule has 0 spiro atoms. The second kappa shape index (κ2) is 4.07. The highest BCUT2D eigenvalue weighted by Crippen LogP contribution is 2.27. The fourth-order valence-corrected chi connectivity index (χ4v) is 2.07. The Bertz CT molecular complexity index is 716. The van der Waals surface area contributed by atoms with Crippen molar-refractivity contribution in [2.75, 3.05) is 0 Å². The highest BCUT2D eigenvalue weighted by Gasteiger charge is 2.13. The molecular weight excluding hydrogens is 226 g/mol. The fourth-order valence-electron chi connectivity index (χ4n) is 2.07. The van der Waals surface area contributed by atoms with Crippen LogP contribution in [0.5, 0.6) is 0 Å². The number of hydrogen-bond acceptors (Lipinski definition) is 3. The van der Waals surface area contributed by atoms with Crippen LogP contribution >= 0.6 is 0 Å². The lowest BCUT2D eigenvalue weighted by molar-refractivity contribution is 0.112. The average Bonchev–Trinajstić information content (AvgIpc) is 2.81. The maximum atomic E-state index is 11.1. The molecule has 1 N–H and O–H groups in total. The molecule has 0 aliphatic rings. The summed E-state index contributed by atoms with van der Waals surface area (Å²) in [5.41, 5.74) is 3.06. The quantitative estimate of drug-likeness (QED) is 0.697. The van der Waals surface area contributed by atoms with Crippen LogP contribution in [0.15, 0.2) is 36.5 Å². The zero-order valence-corrected chi connectivity index (χ0v) is 9.84. The van der Waals surface area contributed by atoms with Crippen molar-refractivity contribution in [2.45, 2.75) is 6.92 Å². The van der Waals surface area contributed by atoms with Crippen LogP contribution in [0.25, 0.3) is 22.3 Å². The van der Waals surface area contributed by atoms with Gasteiger partial charge in [0, 0.05) is 17.3 Å². The van der Waals surface area contributed by atoms with E-state index in [0.29, 0.717) is 17.0 Å². The lowest BCUT2D eigenvalue weighted by atomic mass is 10.1. The van der Waals surface area contributed by atoms with Gasteiger partial charge < -0.3 is 4.98 Å². The third-order valence-electron chi connectivity index (χ3n) is 2.85. The molecule has 18 heavy (non-hydrogen) atoms. The van der Waals surface area contributed by atoms with Gasteiger partial charge in [0.05, 0.1) is 11.1 Å². The number of carbonyl (C=O) groups is 1. The molecule has 0 radical (unpaired) electrons. The van der Waals surface area contributed by atoms with Crippen LogP contribution in [0.4, 0.5) is 0 Å². The molecule has 0 aliphatic heterocycles. The minimum absolute atomic E-state index is 0.587. The van der Waals surface area contributed by atoms with Gasteiger partial charge in [-0.3, -0.25) is 4.79 Å². The van der Waals surface area contributed by atoms with Crippen LogP contribution < -0.4 is 0 Å². The summed E-state index contributed by atoms with van der Waals surface area (Å²) in [7, 11) is 0. The fraction of sp³-hybridized carbons (Fsp3) is 0.0714. The van der Waals surface area contributed by atoms with Gasteiger partial charge in [-0.25, -0.2) is 9.97 Å². The van der Waals surface area contributed by atoms with Crippen molar-refractivity contribution in [1.82, 2.24) is 15.0 Å². The second-order valence-electron chi connectivity index (χ2n) is 4.07. The normalized spacial score (nSPS) is 10.7. The maximum Gasteiger partial charge on any atom is 0.152 e. The Hall–Kier alpha value is -2.49. The lowest BCUT2D eigenvalue weighted by Gasteiger charge is -2.04. The number of nitrogens with zero attached hydrogens (tertiary/aromatic N) is 2. The van der Waals surface area contributed by atoms with Crippen LogP contribution in [0.1, 0.15) is 16.2 Å². The van der Waals surface area contributed by atoms with Gasteiger partial charge >= 0.3 is 0 Å². The molecule has 0 unspecified atom stereocenters. The summed E-state index contributed by atoms with van der Waals surface area (Å²) >= 11 is 0. The van der Waals surface area contributed by atoms with E-state index in [1.54, 1.807) is 6.20 Å². The predicted octanol–water partition coefficient (Wildman–Crippen LogP) is 2.75. The molecule has 0 atom stereocenters. The molecule has 1 aromatic carbocycles. The van der Waals surface area contributed by atoms with E-state index >= 15 is 0 Å². The van der Waals surface area contributed by atoms with Crippen LogP contribution in [0.2, 0.25) is 0 Å². The van der Waals surface area contributed by atoms with Gasteiger partial charge in [0.1, 0.15) is 11.5 Å². The van der Waals surface area contributed by atoms with Gasteiger partial charge in [-0.05, 0) is 6.92 Å². The van der Waals surface area contributed by atoms with Gasteiger partial charge in [-0.15, -0.1) is 0 Å². The smallest absolute Gasteiger partial charge is 0.152 e. The summed E-state index contributed by atoms with van der Waals surface area (Å²) in [6, 6.07) is 9.80. The Kier molecular flexibility index (Phi) is 2.41. The first kappa shape index (κ1) is 10.7. The lowest BCUT2D eigenvalue weighted by Crippen LogP contribution is -1.94. The van der Waals surface area contributed by atoms with Crippen LogP contribution in [0, 0.1) is 6.92 Å².